The van der Waals surface area contributed by atoms with E-state index in [1.807, 2.05) is 35.3 Å². The van der Waals surface area contributed by atoms with Crippen molar-refractivity contribution in [2.75, 3.05) is 40.5 Å². The Morgan fingerprint density at radius 2 is 1.44 bits per heavy atom. The summed E-state index contributed by atoms with van der Waals surface area (Å²) in [6.45, 7) is 0. The molecule has 0 spiro atoms. The van der Waals surface area contributed by atoms with Gasteiger partial charge >= 0.3 is 0 Å². The molecule has 0 aliphatic rings. The fourth-order valence-electron chi connectivity index (χ4n) is 0.863. The van der Waals surface area contributed by atoms with E-state index in [1.54, 1.807) is 0 Å². The summed E-state index contributed by atoms with van der Waals surface area (Å²) in [4.78, 5) is -0.300. The van der Waals surface area contributed by atoms with Crippen molar-refractivity contribution < 1.29 is 0 Å². The molecule has 0 saturated carbocycles. The zero-order chi connectivity index (χ0) is 12.2. The lowest BCUT2D eigenvalue weighted by molar-refractivity contribution is 1.08. The van der Waals surface area contributed by atoms with E-state index in [4.69, 9.17) is 46.4 Å². The monoisotopic (exact) mass is 360 g/mol. The summed E-state index contributed by atoms with van der Waals surface area (Å²) >= 11 is 28.6. The Balaban J connectivity index is 3.52. The van der Waals surface area contributed by atoms with Crippen LogP contribution in [0.5, 0.6) is 0 Å². The Morgan fingerprint density at radius 1 is 0.812 bits per heavy atom. The standard InChI is InChI=1S/C9H16Cl4S3/c10-1-3-14-5-6-16-8(9(12)13)7-15-4-2-11/h8-9H,1-7H2. The van der Waals surface area contributed by atoms with Crippen molar-refractivity contribution in [2.24, 2.45) is 0 Å². The van der Waals surface area contributed by atoms with Gasteiger partial charge < -0.3 is 0 Å². The summed E-state index contributed by atoms with van der Waals surface area (Å²) in [6.07, 6.45) is 0. The van der Waals surface area contributed by atoms with Gasteiger partial charge in [0.05, 0.1) is 0 Å². The maximum absolute atomic E-state index is 5.93. The molecule has 0 fully saturated rings. The van der Waals surface area contributed by atoms with Gasteiger partial charge in [-0.1, -0.05) is 0 Å². The molecule has 0 aromatic heterocycles. The number of hydrogen-bond acceptors (Lipinski definition) is 3. The molecule has 0 aliphatic carbocycles. The van der Waals surface area contributed by atoms with Gasteiger partial charge in [-0.2, -0.15) is 35.3 Å². The van der Waals surface area contributed by atoms with Crippen LogP contribution >= 0.6 is 81.7 Å². The van der Waals surface area contributed by atoms with Gasteiger partial charge in [0.2, 0.25) is 0 Å². The molecule has 0 aromatic carbocycles. The molecule has 7 heteroatoms. The predicted octanol–water partition coefficient (Wildman–Crippen LogP) is 4.84. The zero-order valence-electron chi connectivity index (χ0n) is 8.84. The molecule has 0 aromatic rings. The number of alkyl halides is 4. The quantitative estimate of drug-likeness (QED) is 0.382. The van der Waals surface area contributed by atoms with Crippen LogP contribution in [0, 0.1) is 0 Å². The number of thioether (sulfide) groups is 3. The summed E-state index contributed by atoms with van der Waals surface area (Å²) in [5, 5.41) is 0.299. The average Bonchev–Trinajstić information content (AvgIpc) is 2.26. The lowest BCUT2D eigenvalue weighted by atomic mass is 10.5. The maximum atomic E-state index is 5.93. The molecule has 0 aliphatic heterocycles. The van der Waals surface area contributed by atoms with Crippen molar-refractivity contribution in [1.82, 2.24) is 0 Å². The fourth-order valence-corrected chi connectivity index (χ4v) is 5.34. The van der Waals surface area contributed by atoms with Crippen molar-refractivity contribution in [3.05, 3.63) is 0 Å². The number of halogens is 4. The van der Waals surface area contributed by atoms with Crippen molar-refractivity contribution in [3.8, 4) is 0 Å². The van der Waals surface area contributed by atoms with E-state index in [1.165, 1.54) is 0 Å². The molecule has 0 bridgehead atoms. The first-order chi connectivity index (χ1) is 7.72. The van der Waals surface area contributed by atoms with Gasteiger partial charge in [-0.3, -0.25) is 0 Å². The molecule has 98 valence electrons. The van der Waals surface area contributed by atoms with Crippen LogP contribution in [0.4, 0.5) is 0 Å². The molecular weight excluding hydrogens is 346 g/mol. The lowest BCUT2D eigenvalue weighted by Gasteiger charge is -2.16. The van der Waals surface area contributed by atoms with Crippen molar-refractivity contribution in [2.45, 2.75) is 10.1 Å². The van der Waals surface area contributed by atoms with Gasteiger partial charge in [0.25, 0.3) is 0 Å². The molecule has 0 N–H and O–H groups in total. The molecule has 1 unspecified atom stereocenters. The molecule has 0 nitrogen and oxygen atoms in total. The van der Waals surface area contributed by atoms with Crippen LogP contribution in [0.15, 0.2) is 0 Å². The second-order valence-electron chi connectivity index (χ2n) is 2.81. The van der Waals surface area contributed by atoms with Crippen LogP contribution in [-0.2, 0) is 0 Å². The fraction of sp³-hybridized carbons (Fsp3) is 1.00. The van der Waals surface area contributed by atoms with E-state index in [-0.39, 0.29) is 4.84 Å². The van der Waals surface area contributed by atoms with E-state index >= 15 is 0 Å². The van der Waals surface area contributed by atoms with Crippen molar-refractivity contribution >= 4 is 81.7 Å². The van der Waals surface area contributed by atoms with E-state index in [2.05, 4.69) is 0 Å². The summed E-state index contributed by atoms with van der Waals surface area (Å²) in [7, 11) is 0. The Labute approximate surface area is 131 Å². The van der Waals surface area contributed by atoms with Crippen LogP contribution in [0.25, 0.3) is 0 Å². The molecule has 16 heavy (non-hydrogen) atoms. The Bertz CT molecular complexity index is 149. The predicted molar refractivity (Wildman–Crippen MR) is 87.8 cm³/mol. The second kappa shape index (κ2) is 13.6. The van der Waals surface area contributed by atoms with Gasteiger partial charge in [0, 0.05) is 45.8 Å². The zero-order valence-corrected chi connectivity index (χ0v) is 14.3. The molecule has 0 saturated heterocycles. The molecule has 1 atom stereocenters. The first-order valence-electron chi connectivity index (χ1n) is 4.89. The number of rotatable bonds is 11. The van der Waals surface area contributed by atoms with E-state index in [0.717, 1.165) is 34.6 Å². The van der Waals surface area contributed by atoms with Crippen molar-refractivity contribution in [3.63, 3.8) is 0 Å². The smallest absolute Gasteiger partial charge is 0.120 e. The highest BCUT2D eigenvalue weighted by Crippen LogP contribution is 2.26. The minimum atomic E-state index is -0.300. The minimum absolute atomic E-state index is 0.299. The van der Waals surface area contributed by atoms with Gasteiger partial charge in [-0.25, -0.2) is 0 Å². The largest absolute Gasteiger partial charge is 0.160 e. The highest BCUT2D eigenvalue weighted by molar-refractivity contribution is 8.05. The molecular formula is C9H16Cl4S3. The van der Waals surface area contributed by atoms with Crippen LogP contribution in [0.3, 0.4) is 0 Å². The topological polar surface area (TPSA) is 0 Å². The Kier molecular flexibility index (Phi) is 15.5. The van der Waals surface area contributed by atoms with Crippen LogP contribution in [0.1, 0.15) is 0 Å². The molecule has 0 rings (SSSR count). The third-order valence-electron chi connectivity index (χ3n) is 1.57. The van der Waals surface area contributed by atoms with Crippen molar-refractivity contribution in [1.29, 1.82) is 0 Å². The minimum Gasteiger partial charge on any atom is -0.160 e. The van der Waals surface area contributed by atoms with E-state index < -0.39 is 0 Å². The van der Waals surface area contributed by atoms with Crippen LogP contribution in [0.2, 0.25) is 0 Å². The highest BCUT2D eigenvalue weighted by atomic mass is 35.5. The molecule has 0 amide bonds. The highest BCUT2D eigenvalue weighted by Gasteiger charge is 2.17. The second-order valence-corrected chi connectivity index (χ2v) is 8.45. The summed E-state index contributed by atoms with van der Waals surface area (Å²) in [5.41, 5.74) is 0. The average molecular weight is 362 g/mol. The molecule has 0 heterocycles. The maximum Gasteiger partial charge on any atom is 0.120 e. The third-order valence-corrected chi connectivity index (χ3v) is 7.15. The molecule has 0 radical (unpaired) electrons. The first-order valence-corrected chi connectivity index (χ1v) is 10.2. The van der Waals surface area contributed by atoms with Gasteiger partial charge in [-0.05, 0) is 0 Å². The summed E-state index contributed by atoms with van der Waals surface area (Å²) < 4.78 is 0. The Morgan fingerprint density at radius 3 is 2.00 bits per heavy atom. The normalized spacial score (nSPS) is 13.3. The SMILES string of the molecule is ClCCSCCSC(CSCCCl)C(Cl)Cl. The lowest BCUT2D eigenvalue weighted by Crippen LogP contribution is -2.16. The van der Waals surface area contributed by atoms with Crippen LogP contribution in [-0.4, -0.2) is 50.6 Å². The number of hydrogen-bond donors (Lipinski definition) is 0. The third kappa shape index (κ3) is 11.3. The van der Waals surface area contributed by atoms with E-state index in [0.29, 0.717) is 11.1 Å². The first kappa shape index (κ1) is 18.2. The van der Waals surface area contributed by atoms with Gasteiger partial charge in [0.1, 0.15) is 4.84 Å². The van der Waals surface area contributed by atoms with E-state index in [9.17, 15) is 0 Å². The summed E-state index contributed by atoms with van der Waals surface area (Å²) in [6, 6.07) is 0. The van der Waals surface area contributed by atoms with Crippen LogP contribution < -0.4 is 0 Å². The Hall–Kier alpha value is 2.21. The van der Waals surface area contributed by atoms with Gasteiger partial charge in [-0.15, -0.1) is 46.4 Å². The summed E-state index contributed by atoms with van der Waals surface area (Å²) in [5.74, 6) is 6.52. The van der Waals surface area contributed by atoms with Gasteiger partial charge in [0.15, 0.2) is 0 Å².